The minimum atomic E-state index is -0.643. The summed E-state index contributed by atoms with van der Waals surface area (Å²) in [5, 5.41) is 24.2. The van der Waals surface area contributed by atoms with E-state index >= 15 is 0 Å². The standard InChI is InChI=1S/C12H15ClN2O3/c13-10-3-1-4-11(15(17)18)9(10)7-14-8-12(16)5-2-6-12/h1,3-4,14,16H,2,5-8H2. The number of nitro groups is 1. The number of hydrogen-bond acceptors (Lipinski definition) is 4. The van der Waals surface area contributed by atoms with E-state index in [1.54, 1.807) is 12.1 Å². The lowest BCUT2D eigenvalue weighted by molar-refractivity contribution is -0.385. The van der Waals surface area contributed by atoms with E-state index in [1.807, 2.05) is 0 Å². The fourth-order valence-electron chi connectivity index (χ4n) is 2.08. The van der Waals surface area contributed by atoms with E-state index < -0.39 is 10.5 Å². The van der Waals surface area contributed by atoms with Gasteiger partial charge in [0.25, 0.3) is 5.69 Å². The summed E-state index contributed by atoms with van der Waals surface area (Å²) >= 11 is 5.96. The Morgan fingerprint density at radius 3 is 2.78 bits per heavy atom. The molecule has 0 saturated heterocycles. The third kappa shape index (κ3) is 2.80. The van der Waals surface area contributed by atoms with Gasteiger partial charge in [-0.05, 0) is 25.3 Å². The highest BCUT2D eigenvalue weighted by Crippen LogP contribution is 2.31. The second-order valence-corrected chi connectivity index (χ2v) is 5.08. The van der Waals surface area contributed by atoms with E-state index in [0.29, 0.717) is 17.1 Å². The highest BCUT2D eigenvalue weighted by molar-refractivity contribution is 6.31. The van der Waals surface area contributed by atoms with Gasteiger partial charge in [-0.1, -0.05) is 17.7 Å². The topological polar surface area (TPSA) is 75.4 Å². The van der Waals surface area contributed by atoms with Crippen LogP contribution in [-0.2, 0) is 6.54 Å². The van der Waals surface area contributed by atoms with Crippen LogP contribution in [-0.4, -0.2) is 22.2 Å². The van der Waals surface area contributed by atoms with Gasteiger partial charge in [-0.2, -0.15) is 0 Å². The maximum Gasteiger partial charge on any atom is 0.275 e. The van der Waals surface area contributed by atoms with Crippen molar-refractivity contribution in [3.05, 3.63) is 38.9 Å². The van der Waals surface area contributed by atoms with Crippen molar-refractivity contribution in [1.29, 1.82) is 0 Å². The number of nitrogens with zero attached hydrogens (tertiary/aromatic N) is 1. The average molecular weight is 271 g/mol. The van der Waals surface area contributed by atoms with Crippen LogP contribution in [0.15, 0.2) is 18.2 Å². The molecule has 1 fully saturated rings. The van der Waals surface area contributed by atoms with Crippen LogP contribution in [0.25, 0.3) is 0 Å². The van der Waals surface area contributed by atoms with Gasteiger partial charge >= 0.3 is 0 Å². The molecule has 0 atom stereocenters. The largest absolute Gasteiger partial charge is 0.389 e. The Morgan fingerprint density at radius 1 is 1.50 bits per heavy atom. The second kappa shape index (κ2) is 5.22. The lowest BCUT2D eigenvalue weighted by Crippen LogP contribution is -2.46. The van der Waals surface area contributed by atoms with Gasteiger partial charge in [0.2, 0.25) is 0 Å². The van der Waals surface area contributed by atoms with Crippen molar-refractivity contribution in [1.82, 2.24) is 5.32 Å². The smallest absolute Gasteiger partial charge is 0.275 e. The van der Waals surface area contributed by atoms with Crippen molar-refractivity contribution in [2.45, 2.75) is 31.4 Å². The van der Waals surface area contributed by atoms with Crippen LogP contribution < -0.4 is 5.32 Å². The van der Waals surface area contributed by atoms with E-state index in [9.17, 15) is 15.2 Å². The zero-order chi connectivity index (χ0) is 13.2. The molecule has 0 amide bonds. The average Bonchev–Trinajstić information content (AvgIpc) is 2.28. The molecule has 2 rings (SSSR count). The Hall–Kier alpha value is -1.17. The summed E-state index contributed by atoms with van der Waals surface area (Å²) in [5.74, 6) is 0. The molecule has 1 aliphatic rings. The first kappa shape index (κ1) is 13.3. The summed E-state index contributed by atoms with van der Waals surface area (Å²) in [6.07, 6.45) is 2.60. The quantitative estimate of drug-likeness (QED) is 0.636. The van der Waals surface area contributed by atoms with Gasteiger partial charge in [0.15, 0.2) is 0 Å². The molecule has 2 N–H and O–H groups in total. The maximum atomic E-state index is 10.9. The first-order valence-electron chi connectivity index (χ1n) is 5.87. The Balaban J connectivity index is 2.02. The number of hydrogen-bond donors (Lipinski definition) is 2. The summed E-state index contributed by atoms with van der Waals surface area (Å²) in [6, 6.07) is 4.62. The fraction of sp³-hybridized carbons (Fsp3) is 0.500. The molecule has 0 unspecified atom stereocenters. The van der Waals surface area contributed by atoms with E-state index in [2.05, 4.69) is 5.32 Å². The van der Waals surface area contributed by atoms with Crippen molar-refractivity contribution in [2.75, 3.05) is 6.54 Å². The maximum absolute atomic E-state index is 10.9. The van der Waals surface area contributed by atoms with Crippen molar-refractivity contribution in [2.24, 2.45) is 0 Å². The number of halogens is 1. The van der Waals surface area contributed by atoms with Gasteiger partial charge in [0, 0.05) is 19.2 Å². The summed E-state index contributed by atoms with van der Waals surface area (Å²) < 4.78 is 0. The van der Waals surface area contributed by atoms with Crippen LogP contribution in [0.2, 0.25) is 5.02 Å². The molecule has 0 bridgehead atoms. The minimum absolute atomic E-state index is 0.00981. The summed E-state index contributed by atoms with van der Waals surface area (Å²) in [4.78, 5) is 10.4. The van der Waals surface area contributed by atoms with Gasteiger partial charge in [-0.15, -0.1) is 0 Å². The Kier molecular flexibility index (Phi) is 3.85. The van der Waals surface area contributed by atoms with Crippen LogP contribution in [0.4, 0.5) is 5.69 Å². The Labute approximate surface area is 110 Å². The lowest BCUT2D eigenvalue weighted by atomic mass is 9.80. The molecule has 0 radical (unpaired) electrons. The summed E-state index contributed by atoms with van der Waals surface area (Å²) in [5.41, 5.74) is -0.168. The minimum Gasteiger partial charge on any atom is -0.389 e. The van der Waals surface area contributed by atoms with E-state index in [-0.39, 0.29) is 12.2 Å². The van der Waals surface area contributed by atoms with Gasteiger partial charge in [0.1, 0.15) is 0 Å². The van der Waals surface area contributed by atoms with E-state index in [1.165, 1.54) is 6.07 Å². The normalized spacial score (nSPS) is 17.2. The number of rotatable bonds is 5. The predicted molar refractivity (Wildman–Crippen MR) is 68.6 cm³/mol. The molecule has 1 saturated carbocycles. The van der Waals surface area contributed by atoms with E-state index in [0.717, 1.165) is 19.3 Å². The van der Waals surface area contributed by atoms with Crippen molar-refractivity contribution < 1.29 is 10.0 Å². The zero-order valence-corrected chi connectivity index (χ0v) is 10.6. The monoisotopic (exact) mass is 270 g/mol. The third-order valence-corrected chi connectivity index (χ3v) is 3.69. The fourth-order valence-corrected chi connectivity index (χ4v) is 2.31. The molecule has 5 nitrogen and oxygen atoms in total. The van der Waals surface area contributed by atoms with Gasteiger partial charge in [-0.3, -0.25) is 10.1 Å². The number of benzene rings is 1. The highest BCUT2D eigenvalue weighted by atomic mass is 35.5. The molecule has 1 aromatic carbocycles. The van der Waals surface area contributed by atoms with Crippen molar-refractivity contribution in [3.63, 3.8) is 0 Å². The highest BCUT2D eigenvalue weighted by Gasteiger charge is 2.33. The first-order chi connectivity index (χ1) is 8.52. The molecule has 0 aliphatic heterocycles. The number of nitrogens with one attached hydrogen (secondary N) is 1. The molecule has 6 heteroatoms. The molecular formula is C12H15ClN2O3. The van der Waals surface area contributed by atoms with Crippen LogP contribution in [0.3, 0.4) is 0 Å². The number of aliphatic hydroxyl groups is 1. The van der Waals surface area contributed by atoms with Crippen molar-refractivity contribution in [3.8, 4) is 0 Å². The van der Waals surface area contributed by atoms with Crippen molar-refractivity contribution >= 4 is 17.3 Å². The van der Waals surface area contributed by atoms with Gasteiger partial charge in [-0.25, -0.2) is 0 Å². The van der Waals surface area contributed by atoms with E-state index in [4.69, 9.17) is 11.6 Å². The molecule has 0 spiro atoms. The SMILES string of the molecule is O=[N+]([O-])c1cccc(Cl)c1CNCC1(O)CCC1. The molecule has 0 aromatic heterocycles. The molecule has 0 heterocycles. The molecular weight excluding hydrogens is 256 g/mol. The Bertz CT molecular complexity index is 461. The zero-order valence-electron chi connectivity index (χ0n) is 9.86. The summed E-state index contributed by atoms with van der Waals surface area (Å²) in [6.45, 7) is 0.730. The lowest BCUT2D eigenvalue weighted by Gasteiger charge is -2.36. The van der Waals surface area contributed by atoms with Gasteiger partial charge in [0.05, 0.1) is 21.1 Å². The van der Waals surface area contributed by atoms with Crippen LogP contribution in [0, 0.1) is 10.1 Å². The molecule has 98 valence electrons. The molecule has 1 aliphatic carbocycles. The van der Waals surface area contributed by atoms with Gasteiger partial charge < -0.3 is 10.4 Å². The first-order valence-corrected chi connectivity index (χ1v) is 6.24. The second-order valence-electron chi connectivity index (χ2n) is 4.68. The van der Waals surface area contributed by atoms with Crippen LogP contribution in [0.5, 0.6) is 0 Å². The van der Waals surface area contributed by atoms with Crippen LogP contribution >= 0.6 is 11.6 Å². The summed E-state index contributed by atoms with van der Waals surface area (Å²) in [7, 11) is 0. The third-order valence-electron chi connectivity index (χ3n) is 3.33. The Morgan fingerprint density at radius 2 is 2.22 bits per heavy atom. The number of nitro benzene ring substituents is 1. The molecule has 18 heavy (non-hydrogen) atoms. The molecule has 1 aromatic rings. The predicted octanol–water partition coefficient (Wildman–Crippen LogP) is 2.25. The van der Waals surface area contributed by atoms with Crippen LogP contribution in [0.1, 0.15) is 24.8 Å².